The number of esters is 1. The molecule has 1 atom stereocenters. The second-order valence-corrected chi connectivity index (χ2v) is 9.56. The monoisotopic (exact) mass is 453 g/mol. The van der Waals surface area contributed by atoms with Gasteiger partial charge in [0.2, 0.25) is 0 Å². The first-order chi connectivity index (χ1) is 16.0. The van der Waals surface area contributed by atoms with Gasteiger partial charge in [0.05, 0.1) is 16.5 Å². The van der Waals surface area contributed by atoms with Crippen LogP contribution in [0.4, 0.5) is 4.39 Å². The summed E-state index contributed by atoms with van der Waals surface area (Å²) < 4.78 is 19.3. The van der Waals surface area contributed by atoms with E-state index in [0.717, 1.165) is 4.90 Å². The van der Waals surface area contributed by atoms with E-state index in [9.17, 15) is 9.18 Å². The zero-order valence-electron chi connectivity index (χ0n) is 18.1. The molecule has 162 valence electrons. The first kappa shape index (κ1) is 22.4. The highest BCUT2D eigenvalue weighted by Crippen LogP contribution is 2.32. The minimum atomic E-state index is -1.38. The lowest BCUT2D eigenvalue weighted by molar-refractivity contribution is 0.0128. The molecule has 1 unspecified atom stereocenters. The molecule has 4 aromatic rings. The Morgan fingerprint density at radius 1 is 0.818 bits per heavy atom. The minimum absolute atomic E-state index is 0.315. The van der Waals surface area contributed by atoms with Crippen molar-refractivity contribution in [2.45, 2.75) is 27.2 Å². The van der Waals surface area contributed by atoms with Crippen LogP contribution in [0, 0.1) is 18.2 Å². The molecule has 33 heavy (non-hydrogen) atoms. The molecule has 0 bridgehead atoms. The van der Waals surface area contributed by atoms with Crippen molar-refractivity contribution in [3.8, 4) is 12.3 Å². The molecule has 0 aliphatic rings. The van der Waals surface area contributed by atoms with Gasteiger partial charge in [0.25, 0.3) is 0 Å². The van der Waals surface area contributed by atoms with Crippen molar-refractivity contribution in [3.63, 3.8) is 0 Å². The normalized spacial score (nSPS) is 12.5. The fraction of sp³-hybridized carbons (Fsp3) is 0.0690. The Kier molecular flexibility index (Phi) is 6.63. The molecule has 0 aromatic heterocycles. The lowest BCUT2D eigenvalue weighted by Crippen LogP contribution is -2.27. The van der Waals surface area contributed by atoms with Crippen molar-refractivity contribution in [2.24, 2.45) is 0 Å². The summed E-state index contributed by atoms with van der Waals surface area (Å²) in [6, 6.07) is 33.7. The second-order valence-electron chi connectivity index (χ2n) is 7.53. The summed E-state index contributed by atoms with van der Waals surface area (Å²) in [5, 5.41) is 0. The van der Waals surface area contributed by atoms with E-state index >= 15 is 0 Å². The summed E-state index contributed by atoms with van der Waals surface area (Å²) in [4.78, 5) is 16.3. The van der Waals surface area contributed by atoms with Gasteiger partial charge in [0, 0.05) is 5.56 Å². The Labute approximate surface area is 196 Å². The molecule has 0 fully saturated rings. The summed E-state index contributed by atoms with van der Waals surface area (Å²) in [7, 11) is -0.315. The van der Waals surface area contributed by atoms with Crippen molar-refractivity contribution in [3.05, 3.63) is 126 Å². The SMILES string of the molecule is C#CC(C)(OC(=O)c1ccc([S+](c2ccccc2)c2ccccc2)cc1)c1cccc(F)c1. The van der Waals surface area contributed by atoms with Gasteiger partial charge in [-0.15, -0.1) is 6.42 Å². The van der Waals surface area contributed by atoms with Crippen LogP contribution in [0.1, 0.15) is 22.8 Å². The van der Waals surface area contributed by atoms with Crippen LogP contribution in [0.25, 0.3) is 0 Å². The quantitative estimate of drug-likeness (QED) is 0.186. The van der Waals surface area contributed by atoms with Crippen molar-refractivity contribution in [1.82, 2.24) is 0 Å². The first-order valence-electron chi connectivity index (χ1n) is 10.4. The summed E-state index contributed by atoms with van der Waals surface area (Å²) >= 11 is 0. The first-order valence-corrected chi connectivity index (χ1v) is 11.6. The Morgan fingerprint density at radius 3 is 1.88 bits per heavy atom. The maximum absolute atomic E-state index is 13.7. The van der Waals surface area contributed by atoms with Gasteiger partial charge in [-0.05, 0) is 67.6 Å². The number of carbonyl (C=O) groups excluding carboxylic acids is 1. The van der Waals surface area contributed by atoms with Crippen molar-refractivity contribution < 1.29 is 13.9 Å². The van der Waals surface area contributed by atoms with E-state index in [-0.39, 0.29) is 10.9 Å². The highest BCUT2D eigenvalue weighted by molar-refractivity contribution is 7.97. The smallest absolute Gasteiger partial charge is 0.339 e. The van der Waals surface area contributed by atoms with Crippen LogP contribution in [-0.4, -0.2) is 5.97 Å². The van der Waals surface area contributed by atoms with Gasteiger partial charge in [0.15, 0.2) is 20.3 Å². The van der Waals surface area contributed by atoms with Crippen molar-refractivity contribution >= 4 is 16.9 Å². The predicted molar refractivity (Wildman–Crippen MR) is 129 cm³/mol. The van der Waals surface area contributed by atoms with E-state index in [1.54, 1.807) is 25.1 Å². The van der Waals surface area contributed by atoms with E-state index in [1.165, 1.54) is 28.0 Å². The van der Waals surface area contributed by atoms with Crippen LogP contribution >= 0.6 is 0 Å². The van der Waals surface area contributed by atoms with Gasteiger partial charge >= 0.3 is 5.97 Å². The lowest BCUT2D eigenvalue weighted by Gasteiger charge is -2.24. The molecule has 0 heterocycles. The molecule has 0 saturated carbocycles. The molecule has 0 amide bonds. The highest BCUT2D eigenvalue weighted by Gasteiger charge is 2.31. The summed E-state index contributed by atoms with van der Waals surface area (Å²) in [5.41, 5.74) is -0.595. The molecule has 0 aliphatic carbocycles. The van der Waals surface area contributed by atoms with Gasteiger partial charge in [-0.25, -0.2) is 9.18 Å². The molecular formula is C29H22FO2S+. The van der Waals surface area contributed by atoms with Gasteiger partial charge in [-0.2, -0.15) is 0 Å². The molecule has 4 aromatic carbocycles. The molecule has 0 radical (unpaired) electrons. The largest absolute Gasteiger partial charge is 0.438 e. The lowest BCUT2D eigenvalue weighted by atomic mass is 9.96. The molecule has 4 heteroatoms. The number of rotatable bonds is 6. The number of hydrogen-bond donors (Lipinski definition) is 0. The number of benzene rings is 4. The van der Waals surface area contributed by atoms with Crippen LogP contribution in [0.3, 0.4) is 0 Å². The van der Waals surface area contributed by atoms with E-state index < -0.39 is 17.4 Å². The van der Waals surface area contributed by atoms with E-state index in [0.29, 0.717) is 11.1 Å². The van der Waals surface area contributed by atoms with Gasteiger partial charge < -0.3 is 4.74 Å². The molecule has 0 N–H and O–H groups in total. The van der Waals surface area contributed by atoms with Gasteiger partial charge in [0.1, 0.15) is 5.82 Å². The predicted octanol–water partition coefficient (Wildman–Crippen LogP) is 6.63. The Morgan fingerprint density at radius 2 is 1.36 bits per heavy atom. The molecule has 0 saturated heterocycles. The third-order valence-corrected chi connectivity index (χ3v) is 7.46. The number of carbonyl (C=O) groups is 1. The zero-order valence-corrected chi connectivity index (χ0v) is 18.9. The summed E-state index contributed by atoms with van der Waals surface area (Å²) in [5.74, 6) is 1.48. The van der Waals surface area contributed by atoms with Crippen molar-refractivity contribution in [1.29, 1.82) is 0 Å². The topological polar surface area (TPSA) is 26.3 Å². The number of terminal acetylenes is 1. The fourth-order valence-corrected chi connectivity index (χ4v) is 5.53. The van der Waals surface area contributed by atoms with Crippen LogP contribution < -0.4 is 0 Å². The van der Waals surface area contributed by atoms with Gasteiger partial charge in [-0.3, -0.25) is 0 Å². The molecular weight excluding hydrogens is 431 g/mol. The minimum Gasteiger partial charge on any atom is -0.438 e. The average molecular weight is 454 g/mol. The maximum atomic E-state index is 13.7. The standard InChI is InChI=1S/C29H22FO2S/c1-3-29(2,23-11-10-12-24(30)21-23)32-28(31)22-17-19-27(20-18-22)33(25-13-6-4-7-14-25)26-15-8-5-9-16-26/h1,4-21H,2H3/q+1. The van der Waals surface area contributed by atoms with Crippen molar-refractivity contribution in [2.75, 3.05) is 0 Å². The van der Waals surface area contributed by atoms with Gasteiger partial charge in [-0.1, -0.05) is 54.5 Å². The average Bonchev–Trinajstić information content (AvgIpc) is 2.86. The second kappa shape index (κ2) is 9.77. The number of hydrogen-bond acceptors (Lipinski definition) is 2. The zero-order chi connectivity index (χ0) is 23.3. The summed E-state index contributed by atoms with van der Waals surface area (Å²) in [6.07, 6.45) is 5.66. The van der Waals surface area contributed by atoms with Crippen LogP contribution in [0.5, 0.6) is 0 Å². The Bertz CT molecular complexity index is 1240. The molecule has 2 nitrogen and oxygen atoms in total. The summed E-state index contributed by atoms with van der Waals surface area (Å²) in [6.45, 7) is 1.58. The highest BCUT2D eigenvalue weighted by atomic mass is 32.2. The fourth-order valence-electron chi connectivity index (χ4n) is 3.45. The Balaban J connectivity index is 1.62. The number of ether oxygens (including phenoxy) is 1. The van der Waals surface area contributed by atoms with Crippen LogP contribution in [-0.2, 0) is 21.2 Å². The van der Waals surface area contributed by atoms with Crippen LogP contribution in [0.15, 0.2) is 124 Å². The molecule has 0 aliphatic heterocycles. The third-order valence-electron chi connectivity index (χ3n) is 5.23. The van der Waals surface area contributed by atoms with Crippen LogP contribution in [0.2, 0.25) is 0 Å². The maximum Gasteiger partial charge on any atom is 0.339 e. The third kappa shape index (κ3) is 5.00. The number of halogens is 1. The van der Waals surface area contributed by atoms with E-state index in [2.05, 4.69) is 30.2 Å². The molecule has 0 spiro atoms. The van der Waals surface area contributed by atoms with E-state index in [1.807, 2.05) is 48.5 Å². The Hall–Kier alpha value is -3.81. The molecule has 4 rings (SSSR count). The van der Waals surface area contributed by atoms with E-state index in [4.69, 9.17) is 11.2 Å².